The van der Waals surface area contributed by atoms with E-state index in [1.165, 1.54) is 32.0 Å². The largest absolute Gasteiger partial charge is 0.342 e. The fraction of sp³-hybridized carbons (Fsp3) is 0.647. The van der Waals surface area contributed by atoms with E-state index in [0.717, 1.165) is 18.2 Å². The zero-order valence-electron chi connectivity index (χ0n) is 14.2. The summed E-state index contributed by atoms with van der Waals surface area (Å²) < 4.78 is 16.9. The molecular weight excluding hydrogens is 307 g/mol. The third-order valence-electron chi connectivity index (χ3n) is 5.38. The molecule has 7 heteroatoms. The van der Waals surface area contributed by atoms with Crippen molar-refractivity contribution in [3.63, 3.8) is 0 Å². The Hall–Kier alpha value is -2.05. The lowest BCUT2D eigenvalue weighted by molar-refractivity contribution is 0.460. The number of aromatic nitrogens is 5. The molecule has 0 saturated heterocycles. The second kappa shape index (κ2) is 6.11. The highest BCUT2D eigenvalue weighted by molar-refractivity contribution is 5.44. The third kappa shape index (κ3) is 2.37. The van der Waals surface area contributed by atoms with E-state index in [1.54, 1.807) is 0 Å². The summed E-state index contributed by atoms with van der Waals surface area (Å²) in [7, 11) is 0. The highest BCUT2D eigenvalue weighted by Gasteiger charge is 2.33. The zero-order valence-corrected chi connectivity index (χ0v) is 14.2. The number of rotatable bonds is 3. The fourth-order valence-corrected chi connectivity index (χ4v) is 4.02. The minimum atomic E-state index is -0.309. The molecule has 0 spiro atoms. The Morgan fingerprint density at radius 2 is 1.88 bits per heavy atom. The van der Waals surface area contributed by atoms with E-state index in [9.17, 15) is 4.39 Å². The van der Waals surface area contributed by atoms with Crippen LogP contribution in [0.15, 0.2) is 6.33 Å². The average molecular weight is 330 g/mol. The van der Waals surface area contributed by atoms with Crippen molar-refractivity contribution in [3.8, 4) is 0 Å². The first-order valence-electron chi connectivity index (χ1n) is 8.89. The summed E-state index contributed by atoms with van der Waals surface area (Å²) in [5, 5.41) is 8.91. The van der Waals surface area contributed by atoms with Crippen molar-refractivity contribution in [2.75, 3.05) is 11.4 Å². The molecule has 1 fully saturated rings. The molecule has 0 bridgehead atoms. The van der Waals surface area contributed by atoms with Gasteiger partial charge in [-0.2, -0.15) is 0 Å². The second-order valence-corrected chi connectivity index (χ2v) is 6.73. The van der Waals surface area contributed by atoms with Gasteiger partial charge in [-0.3, -0.25) is 0 Å². The van der Waals surface area contributed by atoms with Gasteiger partial charge in [0, 0.05) is 19.0 Å². The van der Waals surface area contributed by atoms with Gasteiger partial charge in [0.1, 0.15) is 12.2 Å². The van der Waals surface area contributed by atoms with Gasteiger partial charge in [-0.1, -0.05) is 19.8 Å². The van der Waals surface area contributed by atoms with Gasteiger partial charge in [0.25, 0.3) is 0 Å². The molecule has 24 heavy (non-hydrogen) atoms. The smallest absolute Gasteiger partial charge is 0.187 e. The molecule has 4 rings (SSSR count). The van der Waals surface area contributed by atoms with Gasteiger partial charge >= 0.3 is 0 Å². The molecule has 1 atom stereocenters. The van der Waals surface area contributed by atoms with Gasteiger partial charge in [0.15, 0.2) is 17.5 Å². The van der Waals surface area contributed by atoms with Crippen LogP contribution in [0.4, 0.5) is 10.2 Å². The molecule has 1 unspecified atom stereocenters. The number of nitrogens with zero attached hydrogens (tertiary/aromatic N) is 6. The van der Waals surface area contributed by atoms with Gasteiger partial charge in [-0.05, 0) is 26.2 Å². The summed E-state index contributed by atoms with van der Waals surface area (Å²) in [4.78, 5) is 10.2. The Labute approximate surface area is 141 Å². The summed E-state index contributed by atoms with van der Waals surface area (Å²) >= 11 is 0. The van der Waals surface area contributed by atoms with Crippen LogP contribution in [0.2, 0.25) is 0 Å². The van der Waals surface area contributed by atoms with Gasteiger partial charge in [0.2, 0.25) is 0 Å². The summed E-state index contributed by atoms with van der Waals surface area (Å²) in [6.45, 7) is 5.44. The van der Waals surface area contributed by atoms with Gasteiger partial charge < -0.3 is 9.47 Å². The second-order valence-electron chi connectivity index (χ2n) is 6.73. The number of fused-ring (bicyclic) bond motifs is 1. The fourth-order valence-electron chi connectivity index (χ4n) is 4.02. The van der Waals surface area contributed by atoms with E-state index < -0.39 is 0 Å². The molecule has 0 N–H and O–H groups in total. The van der Waals surface area contributed by atoms with Crippen LogP contribution < -0.4 is 4.90 Å². The van der Waals surface area contributed by atoms with Crippen molar-refractivity contribution in [1.82, 2.24) is 24.7 Å². The molecule has 1 aliphatic carbocycles. The Balaban J connectivity index is 1.66. The van der Waals surface area contributed by atoms with E-state index in [2.05, 4.69) is 24.7 Å². The molecular formula is C17H23FN6. The summed E-state index contributed by atoms with van der Waals surface area (Å²) in [5.41, 5.74) is 0.464. The molecule has 128 valence electrons. The number of hydrogen-bond acceptors (Lipinski definition) is 5. The first-order chi connectivity index (χ1) is 11.7. The molecule has 0 amide bonds. The minimum absolute atomic E-state index is 0.0458. The molecule has 1 aliphatic heterocycles. The monoisotopic (exact) mass is 330 g/mol. The van der Waals surface area contributed by atoms with E-state index in [-0.39, 0.29) is 11.9 Å². The molecule has 0 radical (unpaired) electrons. The molecule has 3 heterocycles. The Bertz CT molecular complexity index is 737. The Morgan fingerprint density at radius 1 is 1.12 bits per heavy atom. The number of hydrogen-bond donors (Lipinski definition) is 0. The molecule has 2 aromatic rings. The maximum atomic E-state index is 14.6. The predicted octanol–water partition coefficient (Wildman–Crippen LogP) is 3.01. The number of aryl methyl sites for hydroxylation is 1. The maximum absolute atomic E-state index is 14.6. The van der Waals surface area contributed by atoms with Crippen LogP contribution in [0.3, 0.4) is 0 Å². The molecule has 1 saturated carbocycles. The normalized spacial score (nSPS) is 21.3. The predicted molar refractivity (Wildman–Crippen MR) is 88.4 cm³/mol. The summed E-state index contributed by atoms with van der Waals surface area (Å²) in [6.07, 6.45) is 6.98. The summed E-state index contributed by atoms with van der Waals surface area (Å²) in [6, 6.07) is -0.0458. The lowest BCUT2D eigenvalue weighted by atomic mass is 10.1. The van der Waals surface area contributed by atoms with Crippen LogP contribution in [0, 0.1) is 5.82 Å². The lowest BCUT2D eigenvalue weighted by Gasteiger charge is -2.35. The standard InChI is InChI=1S/C17H23FN6/c1-3-13-14(18)17(20-10-19-13)23-8-9-24-15(11(23)2)21-22-16(24)12-6-4-5-7-12/h10-12H,3-9H2,1-2H3. The minimum Gasteiger partial charge on any atom is -0.342 e. The number of anilines is 1. The van der Waals surface area contributed by atoms with Crippen LogP contribution in [-0.2, 0) is 13.0 Å². The van der Waals surface area contributed by atoms with Crippen molar-refractivity contribution >= 4 is 5.82 Å². The van der Waals surface area contributed by atoms with Crippen molar-refractivity contribution in [2.45, 2.75) is 64.5 Å². The van der Waals surface area contributed by atoms with Crippen LogP contribution in [0.1, 0.15) is 68.8 Å². The molecule has 0 aromatic carbocycles. The highest BCUT2D eigenvalue weighted by Crippen LogP contribution is 2.36. The van der Waals surface area contributed by atoms with E-state index in [1.807, 2.05) is 18.7 Å². The van der Waals surface area contributed by atoms with Crippen LogP contribution in [-0.4, -0.2) is 31.3 Å². The molecule has 2 aliphatic rings. The zero-order chi connectivity index (χ0) is 16.7. The molecule has 6 nitrogen and oxygen atoms in total. The van der Waals surface area contributed by atoms with Gasteiger partial charge in [-0.25, -0.2) is 14.4 Å². The van der Waals surface area contributed by atoms with Crippen molar-refractivity contribution in [2.24, 2.45) is 0 Å². The van der Waals surface area contributed by atoms with Gasteiger partial charge in [0.05, 0.1) is 11.7 Å². The van der Waals surface area contributed by atoms with E-state index in [4.69, 9.17) is 0 Å². The van der Waals surface area contributed by atoms with Crippen LogP contribution in [0.25, 0.3) is 0 Å². The third-order valence-corrected chi connectivity index (χ3v) is 5.38. The number of halogens is 1. The topological polar surface area (TPSA) is 59.7 Å². The average Bonchev–Trinajstić information content (AvgIpc) is 3.25. The Morgan fingerprint density at radius 3 is 2.62 bits per heavy atom. The van der Waals surface area contributed by atoms with Crippen LogP contribution >= 0.6 is 0 Å². The van der Waals surface area contributed by atoms with Crippen LogP contribution in [0.5, 0.6) is 0 Å². The first-order valence-corrected chi connectivity index (χ1v) is 8.89. The summed E-state index contributed by atoms with van der Waals surface area (Å²) in [5.74, 6) is 2.64. The van der Waals surface area contributed by atoms with E-state index in [0.29, 0.717) is 30.4 Å². The Kier molecular flexibility index (Phi) is 3.94. The van der Waals surface area contributed by atoms with Crippen molar-refractivity contribution in [3.05, 3.63) is 29.5 Å². The molecule has 2 aromatic heterocycles. The first kappa shape index (κ1) is 15.5. The van der Waals surface area contributed by atoms with Crippen molar-refractivity contribution < 1.29 is 4.39 Å². The lowest BCUT2D eigenvalue weighted by Crippen LogP contribution is -2.39. The quantitative estimate of drug-likeness (QED) is 0.866. The SMILES string of the molecule is CCc1ncnc(N2CCn3c(C4CCCC4)nnc3C2C)c1F. The van der Waals surface area contributed by atoms with E-state index >= 15 is 0 Å². The van der Waals surface area contributed by atoms with Gasteiger partial charge in [-0.15, -0.1) is 10.2 Å². The highest BCUT2D eigenvalue weighted by atomic mass is 19.1. The maximum Gasteiger partial charge on any atom is 0.187 e. The van der Waals surface area contributed by atoms with Crippen molar-refractivity contribution in [1.29, 1.82) is 0 Å².